The standard InChI is InChI=1S/C22H26N2O5/c1-3-17-6-4-5-13-23(17)22(25)15-29-21-12-9-18(24(26)27)14-20(21)16-7-10-19(28-2)11-8-16/h7-12,14,17H,3-6,13,15H2,1-2H3. The predicted octanol–water partition coefficient (Wildman–Crippen LogP) is 4.44. The van der Waals surface area contributed by atoms with E-state index < -0.39 is 4.92 Å². The van der Waals surface area contributed by atoms with Crippen LogP contribution >= 0.6 is 0 Å². The van der Waals surface area contributed by atoms with Crippen LogP contribution in [-0.2, 0) is 4.79 Å². The molecule has 7 heteroatoms. The molecule has 7 nitrogen and oxygen atoms in total. The molecule has 0 aromatic heterocycles. The minimum atomic E-state index is -0.443. The molecule has 1 aliphatic heterocycles. The molecule has 1 fully saturated rings. The van der Waals surface area contributed by atoms with Crippen molar-refractivity contribution in [1.29, 1.82) is 0 Å². The third-order valence-electron chi connectivity index (χ3n) is 5.34. The number of rotatable bonds is 7. The summed E-state index contributed by atoms with van der Waals surface area (Å²) >= 11 is 0. The average molecular weight is 398 g/mol. The van der Waals surface area contributed by atoms with Crippen molar-refractivity contribution in [3.63, 3.8) is 0 Å². The molecule has 1 saturated heterocycles. The first kappa shape index (κ1) is 20.6. The van der Waals surface area contributed by atoms with E-state index in [4.69, 9.17) is 9.47 Å². The maximum absolute atomic E-state index is 12.7. The highest BCUT2D eigenvalue weighted by Crippen LogP contribution is 2.34. The third kappa shape index (κ3) is 4.85. The minimum absolute atomic E-state index is 0.0310. The van der Waals surface area contributed by atoms with Gasteiger partial charge in [0.15, 0.2) is 6.61 Å². The van der Waals surface area contributed by atoms with Crippen LogP contribution in [0.4, 0.5) is 5.69 Å². The zero-order valence-electron chi connectivity index (χ0n) is 16.8. The Morgan fingerprint density at radius 1 is 1.21 bits per heavy atom. The Morgan fingerprint density at radius 2 is 1.97 bits per heavy atom. The highest BCUT2D eigenvalue weighted by molar-refractivity contribution is 5.79. The molecule has 29 heavy (non-hydrogen) atoms. The molecule has 1 amide bonds. The van der Waals surface area contributed by atoms with Gasteiger partial charge in [-0.3, -0.25) is 14.9 Å². The molecule has 0 aliphatic carbocycles. The molecule has 0 bridgehead atoms. The largest absolute Gasteiger partial charge is 0.497 e. The van der Waals surface area contributed by atoms with E-state index in [1.54, 1.807) is 25.3 Å². The Balaban J connectivity index is 1.82. The highest BCUT2D eigenvalue weighted by atomic mass is 16.6. The second-order valence-electron chi connectivity index (χ2n) is 7.10. The van der Waals surface area contributed by atoms with Gasteiger partial charge in [0.05, 0.1) is 12.0 Å². The van der Waals surface area contributed by atoms with Crippen molar-refractivity contribution in [2.45, 2.75) is 38.6 Å². The summed E-state index contributed by atoms with van der Waals surface area (Å²) in [5.41, 5.74) is 1.29. The molecule has 2 aromatic carbocycles. The van der Waals surface area contributed by atoms with Gasteiger partial charge in [-0.25, -0.2) is 0 Å². The van der Waals surface area contributed by atoms with Crippen LogP contribution in [0.25, 0.3) is 11.1 Å². The number of nitro groups is 1. The monoisotopic (exact) mass is 398 g/mol. The van der Waals surface area contributed by atoms with Crippen LogP contribution in [0, 0.1) is 10.1 Å². The zero-order valence-corrected chi connectivity index (χ0v) is 16.8. The van der Waals surface area contributed by atoms with Gasteiger partial charge in [0, 0.05) is 30.3 Å². The van der Waals surface area contributed by atoms with E-state index in [2.05, 4.69) is 6.92 Å². The van der Waals surface area contributed by atoms with E-state index in [1.165, 1.54) is 12.1 Å². The van der Waals surface area contributed by atoms with Crippen molar-refractivity contribution in [3.05, 3.63) is 52.6 Å². The Hall–Kier alpha value is -3.09. The van der Waals surface area contributed by atoms with Crippen LogP contribution in [0.2, 0.25) is 0 Å². The normalized spacial score (nSPS) is 16.3. The summed E-state index contributed by atoms with van der Waals surface area (Å²) < 4.78 is 11.0. The van der Waals surface area contributed by atoms with Crippen molar-refractivity contribution in [2.75, 3.05) is 20.3 Å². The van der Waals surface area contributed by atoms with Crippen LogP contribution < -0.4 is 9.47 Å². The van der Waals surface area contributed by atoms with Gasteiger partial charge in [-0.15, -0.1) is 0 Å². The molecule has 2 aromatic rings. The van der Waals surface area contributed by atoms with Crippen molar-refractivity contribution < 1.29 is 19.2 Å². The number of methoxy groups -OCH3 is 1. The molecule has 0 N–H and O–H groups in total. The predicted molar refractivity (Wildman–Crippen MR) is 110 cm³/mol. The van der Waals surface area contributed by atoms with Gasteiger partial charge in [-0.05, 0) is 49.4 Å². The molecule has 154 valence electrons. The maximum atomic E-state index is 12.7. The zero-order chi connectivity index (χ0) is 20.8. The van der Waals surface area contributed by atoms with Crippen LogP contribution in [0.1, 0.15) is 32.6 Å². The van der Waals surface area contributed by atoms with Gasteiger partial charge in [-0.2, -0.15) is 0 Å². The number of non-ortho nitro benzene ring substituents is 1. The second kappa shape index (κ2) is 9.41. The molecule has 0 radical (unpaired) electrons. The number of nitro benzene ring substituents is 1. The van der Waals surface area contributed by atoms with E-state index in [-0.39, 0.29) is 24.2 Å². The summed E-state index contributed by atoms with van der Waals surface area (Å²) in [5.74, 6) is 1.09. The van der Waals surface area contributed by atoms with Gasteiger partial charge in [0.25, 0.3) is 11.6 Å². The second-order valence-corrected chi connectivity index (χ2v) is 7.10. The number of nitrogens with zero attached hydrogens (tertiary/aromatic N) is 2. The van der Waals surface area contributed by atoms with E-state index in [0.717, 1.165) is 37.8 Å². The fourth-order valence-electron chi connectivity index (χ4n) is 3.73. The molecule has 1 atom stereocenters. The fourth-order valence-corrected chi connectivity index (χ4v) is 3.73. The minimum Gasteiger partial charge on any atom is -0.497 e. The number of ether oxygens (including phenoxy) is 2. The van der Waals surface area contributed by atoms with Crippen molar-refractivity contribution >= 4 is 11.6 Å². The number of carbonyl (C=O) groups excluding carboxylic acids is 1. The molecule has 3 rings (SSSR count). The lowest BCUT2D eigenvalue weighted by atomic mass is 10.00. The first-order valence-electron chi connectivity index (χ1n) is 9.88. The lowest BCUT2D eigenvalue weighted by Crippen LogP contribution is -2.45. The van der Waals surface area contributed by atoms with E-state index in [1.807, 2.05) is 17.0 Å². The van der Waals surface area contributed by atoms with Gasteiger partial charge < -0.3 is 14.4 Å². The SMILES string of the molecule is CCC1CCCCN1C(=O)COc1ccc([N+](=O)[O-])cc1-c1ccc(OC)cc1. The Morgan fingerprint density at radius 3 is 2.62 bits per heavy atom. The number of amides is 1. The Kier molecular flexibility index (Phi) is 6.69. The van der Waals surface area contributed by atoms with Crippen molar-refractivity contribution in [3.8, 4) is 22.6 Å². The summed E-state index contributed by atoms with van der Waals surface area (Å²) in [6.45, 7) is 2.76. The van der Waals surface area contributed by atoms with Crippen molar-refractivity contribution in [1.82, 2.24) is 4.90 Å². The summed E-state index contributed by atoms with van der Waals surface area (Å²) in [6, 6.07) is 11.9. The summed E-state index contributed by atoms with van der Waals surface area (Å²) in [5, 5.41) is 11.2. The first-order valence-corrected chi connectivity index (χ1v) is 9.88. The Labute approximate surface area is 170 Å². The van der Waals surface area contributed by atoms with E-state index in [0.29, 0.717) is 17.1 Å². The van der Waals surface area contributed by atoms with E-state index >= 15 is 0 Å². The topological polar surface area (TPSA) is 81.9 Å². The van der Waals surface area contributed by atoms with Crippen LogP contribution in [-0.4, -0.2) is 42.0 Å². The molecule has 0 spiro atoms. The third-order valence-corrected chi connectivity index (χ3v) is 5.34. The Bertz CT molecular complexity index is 866. The van der Waals surface area contributed by atoms with Gasteiger partial charge in [0.1, 0.15) is 11.5 Å². The van der Waals surface area contributed by atoms with Crippen LogP contribution in [0.5, 0.6) is 11.5 Å². The molecule has 1 unspecified atom stereocenters. The number of carbonyl (C=O) groups is 1. The average Bonchev–Trinajstić information content (AvgIpc) is 2.77. The highest BCUT2D eigenvalue weighted by Gasteiger charge is 2.26. The van der Waals surface area contributed by atoms with Gasteiger partial charge in [-0.1, -0.05) is 19.1 Å². The van der Waals surface area contributed by atoms with E-state index in [9.17, 15) is 14.9 Å². The lowest BCUT2D eigenvalue weighted by molar-refractivity contribution is -0.384. The van der Waals surface area contributed by atoms with Gasteiger partial charge >= 0.3 is 0 Å². The fraction of sp³-hybridized carbons (Fsp3) is 0.409. The molecular formula is C22H26N2O5. The van der Waals surface area contributed by atoms with Crippen molar-refractivity contribution in [2.24, 2.45) is 0 Å². The smallest absolute Gasteiger partial charge is 0.270 e. The molecular weight excluding hydrogens is 372 g/mol. The van der Waals surface area contributed by atoms with Crippen LogP contribution in [0.3, 0.4) is 0 Å². The number of piperidine rings is 1. The summed E-state index contributed by atoms with van der Waals surface area (Å²) in [7, 11) is 1.58. The maximum Gasteiger partial charge on any atom is 0.270 e. The quantitative estimate of drug-likeness (QED) is 0.509. The summed E-state index contributed by atoms with van der Waals surface area (Å²) in [6.07, 6.45) is 4.11. The van der Waals surface area contributed by atoms with Gasteiger partial charge in [0.2, 0.25) is 0 Å². The lowest BCUT2D eigenvalue weighted by Gasteiger charge is -2.35. The number of hydrogen-bond acceptors (Lipinski definition) is 5. The van der Waals surface area contributed by atoms with Crippen LogP contribution in [0.15, 0.2) is 42.5 Å². The molecule has 1 aliphatic rings. The first-order chi connectivity index (χ1) is 14.0. The molecule has 0 saturated carbocycles. The molecule has 1 heterocycles. The summed E-state index contributed by atoms with van der Waals surface area (Å²) in [4.78, 5) is 25.4. The number of benzene rings is 2. The number of hydrogen-bond donors (Lipinski definition) is 0. The number of likely N-dealkylation sites (tertiary alicyclic amines) is 1.